The van der Waals surface area contributed by atoms with Crippen molar-refractivity contribution in [3.8, 4) is 0 Å². The first kappa shape index (κ1) is 20.2. The molecule has 0 saturated carbocycles. The van der Waals surface area contributed by atoms with E-state index in [1.807, 2.05) is 85.1 Å². The van der Waals surface area contributed by atoms with Gasteiger partial charge in [-0.1, -0.05) is 66.7 Å². The van der Waals surface area contributed by atoms with Crippen molar-refractivity contribution in [2.24, 2.45) is 0 Å². The smallest absolute Gasteiger partial charge is 0.263 e. The Hall–Kier alpha value is -4.44. The molecule has 6 rings (SSSR count). The highest BCUT2D eigenvalue weighted by molar-refractivity contribution is 6.38. The van der Waals surface area contributed by atoms with Crippen LogP contribution in [0.4, 0.5) is 15.8 Å². The summed E-state index contributed by atoms with van der Waals surface area (Å²) in [6, 6.07) is 32.4. The van der Waals surface area contributed by atoms with Crippen molar-refractivity contribution in [1.82, 2.24) is 4.57 Å². The lowest BCUT2D eigenvalue weighted by Crippen LogP contribution is -2.20. The molecule has 1 aromatic heterocycles. The van der Waals surface area contributed by atoms with Crippen LogP contribution in [-0.4, -0.2) is 10.5 Å². The molecule has 0 unspecified atom stereocenters. The topological polar surface area (TPSA) is 25.2 Å². The molecule has 0 atom stereocenters. The highest BCUT2D eigenvalue weighted by Gasteiger charge is 2.33. The van der Waals surface area contributed by atoms with Gasteiger partial charge in [0.05, 0.1) is 11.3 Å². The second-order valence-electron chi connectivity index (χ2n) is 8.41. The SMILES string of the molecule is O=C1C(=Cc2cn(Cc3cccc(F)c3)c3ccccc23)c2ccccc2N1c1ccccc1. The van der Waals surface area contributed by atoms with E-state index < -0.39 is 0 Å². The van der Waals surface area contributed by atoms with Crippen molar-refractivity contribution in [2.75, 3.05) is 4.90 Å². The van der Waals surface area contributed by atoms with Crippen LogP contribution < -0.4 is 4.90 Å². The number of rotatable bonds is 4. The summed E-state index contributed by atoms with van der Waals surface area (Å²) in [5.41, 5.74) is 6.19. The zero-order valence-corrected chi connectivity index (χ0v) is 18.4. The summed E-state index contributed by atoms with van der Waals surface area (Å²) >= 11 is 0. The van der Waals surface area contributed by atoms with Gasteiger partial charge in [0.15, 0.2) is 0 Å². The van der Waals surface area contributed by atoms with E-state index in [2.05, 4.69) is 16.7 Å². The molecule has 34 heavy (non-hydrogen) atoms. The van der Waals surface area contributed by atoms with E-state index in [9.17, 15) is 9.18 Å². The molecule has 1 aliphatic rings. The maximum Gasteiger partial charge on any atom is 0.263 e. The third-order valence-corrected chi connectivity index (χ3v) is 6.24. The Morgan fingerprint density at radius 3 is 2.41 bits per heavy atom. The van der Waals surface area contributed by atoms with Crippen molar-refractivity contribution < 1.29 is 9.18 Å². The van der Waals surface area contributed by atoms with E-state index in [1.165, 1.54) is 6.07 Å². The first-order valence-electron chi connectivity index (χ1n) is 11.2. The summed E-state index contributed by atoms with van der Waals surface area (Å²) in [6.45, 7) is 0.544. The van der Waals surface area contributed by atoms with Crippen LogP contribution in [0.5, 0.6) is 0 Å². The third-order valence-electron chi connectivity index (χ3n) is 6.24. The molecule has 1 amide bonds. The predicted molar refractivity (Wildman–Crippen MR) is 135 cm³/mol. The predicted octanol–water partition coefficient (Wildman–Crippen LogP) is 7.05. The van der Waals surface area contributed by atoms with E-state index in [1.54, 1.807) is 17.0 Å². The Kier molecular flexibility index (Phi) is 4.84. The summed E-state index contributed by atoms with van der Waals surface area (Å²) in [5, 5.41) is 1.05. The van der Waals surface area contributed by atoms with Crippen LogP contribution in [0.1, 0.15) is 16.7 Å². The molecule has 164 valence electrons. The third kappa shape index (κ3) is 3.41. The number of hydrogen-bond acceptors (Lipinski definition) is 1. The summed E-state index contributed by atoms with van der Waals surface area (Å²) in [5.74, 6) is -0.292. The van der Waals surface area contributed by atoms with Crippen LogP contribution in [0, 0.1) is 5.82 Å². The van der Waals surface area contributed by atoms with Gasteiger partial charge in [0.25, 0.3) is 5.91 Å². The van der Waals surface area contributed by atoms with Crippen molar-refractivity contribution >= 4 is 39.8 Å². The number of aromatic nitrogens is 1. The number of hydrogen-bond donors (Lipinski definition) is 0. The van der Waals surface area contributed by atoms with Crippen molar-refractivity contribution in [3.05, 3.63) is 132 Å². The van der Waals surface area contributed by atoms with Crippen molar-refractivity contribution in [3.63, 3.8) is 0 Å². The molecule has 4 heteroatoms. The number of benzene rings is 4. The average molecular weight is 445 g/mol. The molecular weight excluding hydrogens is 423 g/mol. The summed E-state index contributed by atoms with van der Waals surface area (Å²) in [4.78, 5) is 15.4. The number of halogens is 1. The number of nitrogens with zero attached hydrogens (tertiary/aromatic N) is 2. The van der Waals surface area contributed by atoms with Crippen LogP contribution in [0.25, 0.3) is 22.6 Å². The van der Waals surface area contributed by atoms with Gasteiger partial charge in [0.2, 0.25) is 0 Å². The molecule has 0 spiro atoms. The monoisotopic (exact) mass is 444 g/mol. The Bertz CT molecular complexity index is 1570. The summed E-state index contributed by atoms with van der Waals surface area (Å²) < 4.78 is 15.9. The van der Waals surface area contributed by atoms with Gasteiger partial charge in [-0.05, 0) is 48.0 Å². The van der Waals surface area contributed by atoms with Crippen molar-refractivity contribution in [2.45, 2.75) is 6.54 Å². The van der Waals surface area contributed by atoms with E-state index in [0.717, 1.165) is 39.0 Å². The van der Waals surface area contributed by atoms with Gasteiger partial charge in [-0.2, -0.15) is 0 Å². The average Bonchev–Trinajstić information content (AvgIpc) is 3.35. The fourth-order valence-corrected chi connectivity index (χ4v) is 4.72. The van der Waals surface area contributed by atoms with Crippen LogP contribution in [0.15, 0.2) is 109 Å². The Morgan fingerprint density at radius 2 is 1.56 bits per heavy atom. The molecule has 1 aliphatic heterocycles. The molecule has 5 aromatic rings. The zero-order chi connectivity index (χ0) is 23.1. The number of para-hydroxylation sites is 3. The van der Waals surface area contributed by atoms with E-state index in [4.69, 9.17) is 0 Å². The Morgan fingerprint density at radius 1 is 0.794 bits per heavy atom. The molecule has 0 bridgehead atoms. The quantitative estimate of drug-likeness (QED) is 0.273. The number of amides is 1. The van der Waals surface area contributed by atoms with Gasteiger partial charge < -0.3 is 4.57 Å². The molecule has 4 aromatic carbocycles. The number of fused-ring (bicyclic) bond motifs is 2. The van der Waals surface area contributed by atoms with Gasteiger partial charge >= 0.3 is 0 Å². The minimum atomic E-state index is -0.245. The van der Waals surface area contributed by atoms with Crippen LogP contribution >= 0.6 is 0 Å². The Balaban J connectivity index is 1.48. The zero-order valence-electron chi connectivity index (χ0n) is 18.4. The fourth-order valence-electron chi connectivity index (χ4n) is 4.72. The van der Waals surface area contributed by atoms with E-state index in [-0.39, 0.29) is 11.7 Å². The highest BCUT2D eigenvalue weighted by Crippen LogP contribution is 2.42. The molecule has 0 fully saturated rings. The van der Waals surface area contributed by atoms with Crippen molar-refractivity contribution in [1.29, 1.82) is 0 Å². The van der Waals surface area contributed by atoms with Gasteiger partial charge in [-0.3, -0.25) is 9.69 Å². The standard InChI is InChI=1S/C30H21FN2O/c31-23-10-8-9-21(17-23)19-32-20-22(25-13-4-6-15-28(25)32)18-27-26-14-5-7-16-29(26)33(30(27)34)24-11-2-1-3-12-24/h1-18,20H,19H2. The highest BCUT2D eigenvalue weighted by atomic mass is 19.1. The summed E-state index contributed by atoms with van der Waals surface area (Å²) in [6.07, 6.45) is 4.03. The van der Waals surface area contributed by atoms with Crippen LogP contribution in [0.2, 0.25) is 0 Å². The lowest BCUT2D eigenvalue weighted by Gasteiger charge is -2.16. The molecule has 0 radical (unpaired) electrons. The maximum atomic E-state index is 13.8. The van der Waals surface area contributed by atoms with Crippen LogP contribution in [0.3, 0.4) is 0 Å². The molecule has 3 nitrogen and oxygen atoms in total. The molecular formula is C30H21FN2O. The number of anilines is 2. The summed E-state index contributed by atoms with van der Waals surface area (Å²) in [7, 11) is 0. The lowest BCUT2D eigenvalue weighted by atomic mass is 10.0. The first-order valence-corrected chi connectivity index (χ1v) is 11.2. The van der Waals surface area contributed by atoms with Crippen LogP contribution in [-0.2, 0) is 11.3 Å². The minimum Gasteiger partial charge on any atom is -0.342 e. The van der Waals surface area contributed by atoms with Gasteiger partial charge in [0, 0.05) is 40.5 Å². The largest absolute Gasteiger partial charge is 0.342 e. The first-order chi connectivity index (χ1) is 16.7. The molecule has 0 saturated heterocycles. The van der Waals surface area contributed by atoms with E-state index >= 15 is 0 Å². The number of carbonyl (C=O) groups excluding carboxylic acids is 1. The fraction of sp³-hybridized carbons (Fsp3) is 0.0333. The normalized spacial score (nSPS) is 14.2. The Labute approximate surface area is 197 Å². The molecule has 2 heterocycles. The molecule has 0 aliphatic carbocycles. The number of carbonyl (C=O) groups is 1. The van der Waals surface area contributed by atoms with Gasteiger partial charge in [0.1, 0.15) is 5.82 Å². The van der Waals surface area contributed by atoms with E-state index in [0.29, 0.717) is 12.1 Å². The van der Waals surface area contributed by atoms with Gasteiger partial charge in [-0.25, -0.2) is 4.39 Å². The lowest BCUT2D eigenvalue weighted by molar-refractivity contribution is -0.112. The molecule has 0 N–H and O–H groups in total. The second kappa shape index (κ2) is 8.16. The second-order valence-corrected chi connectivity index (χ2v) is 8.41. The minimum absolute atomic E-state index is 0.0469. The maximum absolute atomic E-state index is 13.8. The van der Waals surface area contributed by atoms with Gasteiger partial charge in [-0.15, -0.1) is 0 Å².